The average molecular weight is 499 g/mol. The molecule has 1 aromatic carbocycles. The first-order valence-electron chi connectivity index (χ1n) is 10.9. The highest BCUT2D eigenvalue weighted by Gasteiger charge is 2.32. The van der Waals surface area contributed by atoms with E-state index in [4.69, 9.17) is 14.4 Å². The van der Waals surface area contributed by atoms with Gasteiger partial charge < -0.3 is 19.3 Å². The number of anilines is 1. The molecule has 0 radical (unpaired) electrons. The van der Waals surface area contributed by atoms with Crippen LogP contribution in [-0.4, -0.2) is 58.4 Å². The van der Waals surface area contributed by atoms with Crippen molar-refractivity contribution < 1.29 is 32.3 Å². The lowest BCUT2D eigenvalue weighted by Gasteiger charge is -2.42. The molecule has 12 heteroatoms. The number of carboxylic acid groups (broad SMARTS) is 1. The van der Waals surface area contributed by atoms with E-state index in [1.807, 2.05) is 0 Å². The van der Waals surface area contributed by atoms with Gasteiger partial charge in [0, 0.05) is 38.3 Å². The molecule has 2 aromatic heterocycles. The Balaban J connectivity index is 1.48. The number of carboxylic acids is 1. The summed E-state index contributed by atoms with van der Waals surface area (Å²) in [6.07, 6.45) is -3.49. The quantitative estimate of drug-likeness (QED) is 0.485. The zero-order valence-corrected chi connectivity index (χ0v) is 19.5. The summed E-state index contributed by atoms with van der Waals surface area (Å²) in [6.45, 7) is 6.37. The molecule has 0 bridgehead atoms. The van der Waals surface area contributed by atoms with E-state index in [0.717, 1.165) is 24.2 Å². The standard InChI is InChI=1S/C22H25F3N4O4S/c1-13(2)7-16-11-28(10-15-9-20(33-27-15)32-12-19(30)31)5-6-29(16)21-26-17-4-3-14(22(23,24)25)8-18(17)34-21/h3-4,8-9,13,16H,5-7,10-12H2,1-2H3,(H,30,31)/t16-/m1/s1. The summed E-state index contributed by atoms with van der Waals surface area (Å²) in [4.78, 5) is 19.7. The highest BCUT2D eigenvalue weighted by molar-refractivity contribution is 7.22. The van der Waals surface area contributed by atoms with Crippen molar-refractivity contribution in [1.82, 2.24) is 15.0 Å². The zero-order valence-electron chi connectivity index (χ0n) is 18.7. The number of hydrogen-bond acceptors (Lipinski definition) is 8. The number of nitrogens with zero attached hydrogens (tertiary/aromatic N) is 4. The van der Waals surface area contributed by atoms with E-state index in [-0.39, 0.29) is 12.0 Å². The number of aliphatic carboxylic acids is 1. The number of alkyl halides is 3. The average Bonchev–Trinajstić information content (AvgIpc) is 3.37. The second kappa shape index (κ2) is 9.79. The molecule has 1 atom stereocenters. The lowest BCUT2D eigenvalue weighted by molar-refractivity contribution is -0.140. The van der Waals surface area contributed by atoms with Gasteiger partial charge in [0.25, 0.3) is 0 Å². The van der Waals surface area contributed by atoms with Gasteiger partial charge in [-0.1, -0.05) is 30.3 Å². The van der Waals surface area contributed by atoms with Crippen LogP contribution < -0.4 is 9.64 Å². The van der Waals surface area contributed by atoms with Crippen LogP contribution in [0.2, 0.25) is 0 Å². The molecule has 1 N–H and O–H groups in total. The van der Waals surface area contributed by atoms with Crippen LogP contribution in [0.3, 0.4) is 0 Å². The molecule has 1 saturated heterocycles. The summed E-state index contributed by atoms with van der Waals surface area (Å²) in [5.41, 5.74) is 0.532. The van der Waals surface area contributed by atoms with Crippen LogP contribution in [-0.2, 0) is 17.5 Å². The molecule has 0 spiro atoms. The molecule has 8 nitrogen and oxygen atoms in total. The normalized spacial score (nSPS) is 17.6. The van der Waals surface area contributed by atoms with Crippen LogP contribution in [0.15, 0.2) is 28.8 Å². The maximum atomic E-state index is 13.1. The maximum absolute atomic E-state index is 13.1. The monoisotopic (exact) mass is 498 g/mol. The van der Waals surface area contributed by atoms with Gasteiger partial charge in [-0.2, -0.15) is 13.2 Å². The Morgan fingerprint density at radius 2 is 2.12 bits per heavy atom. The van der Waals surface area contributed by atoms with E-state index in [1.54, 1.807) is 6.07 Å². The van der Waals surface area contributed by atoms with Gasteiger partial charge in [-0.15, -0.1) is 0 Å². The van der Waals surface area contributed by atoms with Gasteiger partial charge in [0.1, 0.15) is 5.69 Å². The molecule has 0 unspecified atom stereocenters. The molecule has 0 aliphatic carbocycles. The van der Waals surface area contributed by atoms with E-state index >= 15 is 0 Å². The molecule has 3 heterocycles. The van der Waals surface area contributed by atoms with Crippen molar-refractivity contribution in [1.29, 1.82) is 0 Å². The van der Waals surface area contributed by atoms with E-state index in [0.29, 0.717) is 41.5 Å². The zero-order chi connectivity index (χ0) is 24.5. The third-order valence-electron chi connectivity index (χ3n) is 5.52. The van der Waals surface area contributed by atoms with Crippen molar-refractivity contribution in [3.63, 3.8) is 0 Å². The Morgan fingerprint density at radius 1 is 1.32 bits per heavy atom. The lowest BCUT2D eigenvalue weighted by atomic mass is 10.0. The summed E-state index contributed by atoms with van der Waals surface area (Å²) >= 11 is 1.29. The van der Waals surface area contributed by atoms with Crippen molar-refractivity contribution in [2.24, 2.45) is 5.92 Å². The summed E-state index contributed by atoms with van der Waals surface area (Å²) in [6, 6.07) is 5.38. The molecule has 3 aromatic rings. The summed E-state index contributed by atoms with van der Waals surface area (Å²) in [5.74, 6) is -0.626. The van der Waals surface area contributed by atoms with Gasteiger partial charge in [0.15, 0.2) is 11.7 Å². The number of piperazine rings is 1. The SMILES string of the molecule is CC(C)C[C@@H]1CN(Cc2cc(OCC(=O)O)on2)CCN1c1nc2ccc(C(F)(F)F)cc2s1. The first-order valence-corrected chi connectivity index (χ1v) is 11.7. The fourth-order valence-corrected chi connectivity index (χ4v) is 5.17. The molecular formula is C22H25F3N4O4S. The van der Waals surface area contributed by atoms with Gasteiger partial charge in [0.05, 0.1) is 15.8 Å². The van der Waals surface area contributed by atoms with Crippen molar-refractivity contribution in [2.45, 2.75) is 39.0 Å². The van der Waals surface area contributed by atoms with Crippen LogP contribution in [0.1, 0.15) is 31.5 Å². The van der Waals surface area contributed by atoms with Gasteiger partial charge >= 0.3 is 18.1 Å². The van der Waals surface area contributed by atoms with Gasteiger partial charge in [-0.05, 0) is 30.5 Å². The van der Waals surface area contributed by atoms with Crippen LogP contribution in [0.5, 0.6) is 5.95 Å². The molecule has 1 aliphatic heterocycles. The van der Waals surface area contributed by atoms with Crippen molar-refractivity contribution in [3.05, 3.63) is 35.5 Å². The number of fused-ring (bicyclic) bond motifs is 1. The number of carbonyl (C=O) groups is 1. The minimum atomic E-state index is -4.39. The second-order valence-corrected chi connectivity index (χ2v) is 9.72. The third-order valence-corrected chi connectivity index (χ3v) is 6.58. The molecule has 1 aliphatic rings. The summed E-state index contributed by atoms with van der Waals surface area (Å²) in [5, 5.41) is 13.4. The van der Waals surface area contributed by atoms with Crippen LogP contribution in [0.25, 0.3) is 10.2 Å². The molecule has 184 valence electrons. The Hall–Kier alpha value is -2.86. The summed E-state index contributed by atoms with van der Waals surface area (Å²) < 4.78 is 49.9. The largest absolute Gasteiger partial charge is 0.479 e. The first-order chi connectivity index (χ1) is 16.1. The van der Waals surface area contributed by atoms with Crippen LogP contribution in [0, 0.1) is 5.92 Å². The minimum absolute atomic E-state index is 0.0578. The highest BCUT2D eigenvalue weighted by Crippen LogP contribution is 2.37. The van der Waals surface area contributed by atoms with Crippen LogP contribution in [0.4, 0.5) is 18.3 Å². The number of rotatable bonds is 8. The minimum Gasteiger partial charge on any atom is -0.479 e. The second-order valence-electron chi connectivity index (χ2n) is 8.71. The topological polar surface area (TPSA) is 91.9 Å². The Bertz CT molecular complexity index is 1150. The Kier molecular flexibility index (Phi) is 6.99. The number of aromatic nitrogens is 2. The number of halogens is 3. The molecule has 0 amide bonds. The molecular weight excluding hydrogens is 473 g/mol. The molecule has 0 saturated carbocycles. The highest BCUT2D eigenvalue weighted by atomic mass is 32.1. The van der Waals surface area contributed by atoms with Crippen molar-refractivity contribution in [2.75, 3.05) is 31.1 Å². The molecule has 34 heavy (non-hydrogen) atoms. The first kappa shape index (κ1) is 24.3. The number of hydrogen-bond donors (Lipinski definition) is 1. The maximum Gasteiger partial charge on any atom is 0.416 e. The Morgan fingerprint density at radius 3 is 2.82 bits per heavy atom. The predicted octanol–water partition coefficient (Wildman–Crippen LogP) is 4.50. The van der Waals surface area contributed by atoms with Gasteiger partial charge in [0.2, 0.25) is 0 Å². The fraction of sp³-hybridized carbons (Fsp3) is 0.500. The lowest BCUT2D eigenvalue weighted by Crippen LogP contribution is -2.53. The van der Waals surface area contributed by atoms with Gasteiger partial charge in [-0.25, -0.2) is 9.78 Å². The summed E-state index contributed by atoms with van der Waals surface area (Å²) in [7, 11) is 0. The van der Waals surface area contributed by atoms with Crippen LogP contribution >= 0.6 is 11.3 Å². The van der Waals surface area contributed by atoms with Crippen molar-refractivity contribution in [3.8, 4) is 5.95 Å². The predicted molar refractivity (Wildman–Crippen MR) is 120 cm³/mol. The molecule has 4 rings (SSSR count). The fourth-order valence-electron chi connectivity index (χ4n) is 4.07. The Labute approximate surface area is 197 Å². The molecule has 1 fully saturated rings. The van der Waals surface area contributed by atoms with Gasteiger partial charge in [-0.3, -0.25) is 4.90 Å². The van der Waals surface area contributed by atoms with Crippen molar-refractivity contribution >= 4 is 32.7 Å². The van der Waals surface area contributed by atoms with E-state index in [1.165, 1.54) is 23.5 Å². The number of ether oxygens (including phenoxy) is 1. The van der Waals surface area contributed by atoms with E-state index in [2.05, 4.69) is 33.8 Å². The van der Waals surface area contributed by atoms with E-state index < -0.39 is 24.3 Å². The third kappa shape index (κ3) is 5.79. The number of benzene rings is 1. The van der Waals surface area contributed by atoms with E-state index in [9.17, 15) is 18.0 Å². The number of thiazole rings is 1. The smallest absolute Gasteiger partial charge is 0.416 e.